The van der Waals surface area contributed by atoms with Crippen molar-refractivity contribution in [2.75, 3.05) is 7.11 Å². The van der Waals surface area contributed by atoms with E-state index in [-0.39, 0.29) is 5.92 Å². The van der Waals surface area contributed by atoms with E-state index >= 15 is 0 Å². The Morgan fingerprint density at radius 1 is 0.935 bits per heavy atom. The lowest BCUT2D eigenvalue weighted by molar-refractivity contribution is 0.414. The third-order valence-electron chi connectivity index (χ3n) is 5.44. The van der Waals surface area contributed by atoms with Crippen molar-refractivity contribution in [2.45, 2.75) is 26.2 Å². The predicted molar refractivity (Wildman–Crippen MR) is 124 cm³/mol. The van der Waals surface area contributed by atoms with Gasteiger partial charge in [0.15, 0.2) is 0 Å². The molecule has 0 fully saturated rings. The normalized spacial score (nSPS) is 11.7. The molecule has 0 aliphatic rings. The molecule has 0 bridgehead atoms. The molecule has 1 aromatic heterocycles. The fourth-order valence-corrected chi connectivity index (χ4v) is 3.71. The van der Waals surface area contributed by atoms with Crippen LogP contribution in [0.3, 0.4) is 0 Å². The number of rotatable bonds is 6. The lowest BCUT2D eigenvalue weighted by Gasteiger charge is -2.09. The Morgan fingerprint density at radius 2 is 1.68 bits per heavy atom. The van der Waals surface area contributed by atoms with Gasteiger partial charge in [0.2, 0.25) is 0 Å². The highest BCUT2D eigenvalue weighted by molar-refractivity contribution is 5.63. The second-order valence-corrected chi connectivity index (χ2v) is 7.80. The van der Waals surface area contributed by atoms with E-state index in [0.29, 0.717) is 6.42 Å². The maximum absolute atomic E-state index is 9.83. The molecule has 0 saturated carbocycles. The van der Waals surface area contributed by atoms with Gasteiger partial charge >= 0.3 is 0 Å². The molecule has 0 amide bonds. The zero-order chi connectivity index (χ0) is 21.8. The average molecular weight is 408 g/mol. The monoisotopic (exact) mass is 407 g/mol. The molecule has 0 radical (unpaired) electrons. The van der Waals surface area contributed by atoms with Gasteiger partial charge in [-0.05, 0) is 49.7 Å². The Bertz CT molecular complexity index is 1210. The first-order chi connectivity index (χ1) is 15.1. The SMILES string of the molecule is COc1ccc(-n2nc(CC(C#N)c3cccc(C)c3)cc2-c2ccc(C)cc2)cc1. The van der Waals surface area contributed by atoms with Gasteiger partial charge in [0.1, 0.15) is 5.75 Å². The molecule has 0 aliphatic heterocycles. The van der Waals surface area contributed by atoms with E-state index in [1.54, 1.807) is 7.11 Å². The van der Waals surface area contributed by atoms with E-state index in [2.05, 4.69) is 49.4 Å². The molecular formula is C27H25N3O. The number of nitriles is 1. The molecule has 154 valence electrons. The first-order valence-electron chi connectivity index (χ1n) is 10.3. The van der Waals surface area contributed by atoms with E-state index in [4.69, 9.17) is 9.84 Å². The first-order valence-corrected chi connectivity index (χ1v) is 10.3. The van der Waals surface area contributed by atoms with Gasteiger partial charge < -0.3 is 4.74 Å². The van der Waals surface area contributed by atoms with Crippen molar-refractivity contribution in [3.8, 4) is 28.8 Å². The molecule has 0 N–H and O–H groups in total. The number of hydrogen-bond acceptors (Lipinski definition) is 3. The Labute approximate surface area is 183 Å². The molecule has 0 saturated heterocycles. The fourth-order valence-electron chi connectivity index (χ4n) is 3.71. The highest BCUT2D eigenvalue weighted by Crippen LogP contribution is 2.28. The van der Waals surface area contributed by atoms with Crippen LogP contribution in [0.1, 0.15) is 28.3 Å². The van der Waals surface area contributed by atoms with Crippen LogP contribution in [0.2, 0.25) is 0 Å². The molecule has 1 heterocycles. The van der Waals surface area contributed by atoms with Gasteiger partial charge in [-0.15, -0.1) is 0 Å². The summed E-state index contributed by atoms with van der Waals surface area (Å²) < 4.78 is 7.25. The van der Waals surface area contributed by atoms with Crippen molar-refractivity contribution in [2.24, 2.45) is 0 Å². The highest BCUT2D eigenvalue weighted by atomic mass is 16.5. The lowest BCUT2D eigenvalue weighted by Crippen LogP contribution is -2.03. The predicted octanol–water partition coefficient (Wildman–Crippen LogP) is 6.01. The van der Waals surface area contributed by atoms with Crippen LogP contribution >= 0.6 is 0 Å². The lowest BCUT2D eigenvalue weighted by atomic mass is 9.94. The second kappa shape index (κ2) is 8.89. The summed E-state index contributed by atoms with van der Waals surface area (Å²) in [7, 11) is 1.66. The van der Waals surface area contributed by atoms with Crippen molar-refractivity contribution < 1.29 is 4.74 Å². The molecule has 31 heavy (non-hydrogen) atoms. The van der Waals surface area contributed by atoms with Gasteiger partial charge in [0.25, 0.3) is 0 Å². The highest BCUT2D eigenvalue weighted by Gasteiger charge is 2.17. The van der Waals surface area contributed by atoms with Crippen LogP contribution in [-0.2, 0) is 6.42 Å². The third-order valence-corrected chi connectivity index (χ3v) is 5.44. The molecule has 4 rings (SSSR count). The summed E-state index contributed by atoms with van der Waals surface area (Å²) >= 11 is 0. The average Bonchev–Trinajstić information content (AvgIpc) is 3.22. The van der Waals surface area contributed by atoms with Crippen LogP contribution in [0, 0.1) is 25.2 Å². The van der Waals surface area contributed by atoms with Crippen molar-refractivity contribution in [3.63, 3.8) is 0 Å². The zero-order valence-electron chi connectivity index (χ0n) is 18.0. The number of methoxy groups -OCH3 is 1. The molecule has 0 aliphatic carbocycles. The Balaban J connectivity index is 1.75. The number of aromatic nitrogens is 2. The smallest absolute Gasteiger partial charge is 0.119 e. The Kier molecular flexibility index (Phi) is 5.86. The minimum Gasteiger partial charge on any atom is -0.497 e. The summed E-state index contributed by atoms with van der Waals surface area (Å²) in [6, 6.07) is 29.0. The van der Waals surface area contributed by atoms with Gasteiger partial charge in [-0.2, -0.15) is 10.4 Å². The standard InChI is InChI=1S/C27H25N3O/c1-19-7-9-21(10-8-19)27-17-24(16-23(18-28)22-6-4-5-20(2)15-22)29-30(27)25-11-13-26(31-3)14-12-25/h4-15,17,23H,16H2,1-3H3. The maximum atomic E-state index is 9.83. The Morgan fingerprint density at radius 3 is 2.32 bits per heavy atom. The number of hydrogen-bond donors (Lipinski definition) is 0. The number of aryl methyl sites for hydroxylation is 2. The van der Waals surface area contributed by atoms with E-state index in [9.17, 15) is 5.26 Å². The molecular weight excluding hydrogens is 382 g/mol. The van der Waals surface area contributed by atoms with Gasteiger partial charge in [0.05, 0.1) is 36.2 Å². The molecule has 1 atom stereocenters. The summed E-state index contributed by atoms with van der Waals surface area (Å²) in [6.45, 7) is 4.13. The summed E-state index contributed by atoms with van der Waals surface area (Å²) in [4.78, 5) is 0. The van der Waals surface area contributed by atoms with E-state index in [0.717, 1.165) is 39.5 Å². The maximum Gasteiger partial charge on any atom is 0.119 e. The fraction of sp³-hybridized carbons (Fsp3) is 0.185. The minimum atomic E-state index is -0.245. The van der Waals surface area contributed by atoms with Crippen molar-refractivity contribution in [1.29, 1.82) is 5.26 Å². The molecule has 0 spiro atoms. The van der Waals surface area contributed by atoms with Crippen LogP contribution in [-0.4, -0.2) is 16.9 Å². The molecule has 4 aromatic rings. The summed E-state index contributed by atoms with van der Waals surface area (Å²) in [5.41, 5.74) is 7.32. The van der Waals surface area contributed by atoms with Crippen LogP contribution < -0.4 is 4.74 Å². The molecule has 3 aromatic carbocycles. The topological polar surface area (TPSA) is 50.8 Å². The van der Waals surface area contributed by atoms with Crippen molar-refractivity contribution >= 4 is 0 Å². The van der Waals surface area contributed by atoms with Gasteiger partial charge in [-0.25, -0.2) is 4.68 Å². The molecule has 1 unspecified atom stereocenters. The quantitative estimate of drug-likeness (QED) is 0.393. The van der Waals surface area contributed by atoms with E-state index in [1.807, 2.05) is 54.1 Å². The Hall–Kier alpha value is -3.84. The van der Waals surface area contributed by atoms with Crippen LogP contribution in [0.15, 0.2) is 78.9 Å². The van der Waals surface area contributed by atoms with Crippen molar-refractivity contribution in [1.82, 2.24) is 9.78 Å². The summed E-state index contributed by atoms with van der Waals surface area (Å²) in [6.07, 6.45) is 0.558. The second-order valence-electron chi connectivity index (χ2n) is 7.80. The number of ether oxygens (including phenoxy) is 1. The third kappa shape index (κ3) is 4.51. The molecule has 4 heteroatoms. The van der Waals surface area contributed by atoms with Crippen LogP contribution in [0.25, 0.3) is 16.9 Å². The summed E-state index contributed by atoms with van der Waals surface area (Å²) in [5, 5.41) is 14.7. The van der Waals surface area contributed by atoms with Crippen LogP contribution in [0.4, 0.5) is 0 Å². The van der Waals surface area contributed by atoms with Crippen molar-refractivity contribution in [3.05, 3.63) is 101 Å². The number of benzene rings is 3. The largest absolute Gasteiger partial charge is 0.497 e. The van der Waals surface area contributed by atoms with Crippen LogP contribution in [0.5, 0.6) is 5.75 Å². The summed E-state index contributed by atoms with van der Waals surface area (Å²) in [5.74, 6) is 0.557. The number of nitrogens with zero attached hydrogens (tertiary/aromatic N) is 3. The minimum absolute atomic E-state index is 0.245. The van der Waals surface area contributed by atoms with E-state index < -0.39 is 0 Å². The molecule has 4 nitrogen and oxygen atoms in total. The first kappa shape index (κ1) is 20.4. The van der Waals surface area contributed by atoms with Gasteiger partial charge in [0, 0.05) is 12.0 Å². The van der Waals surface area contributed by atoms with E-state index in [1.165, 1.54) is 5.56 Å². The van der Waals surface area contributed by atoms with Gasteiger partial charge in [-0.1, -0.05) is 59.7 Å². The van der Waals surface area contributed by atoms with Gasteiger partial charge in [-0.3, -0.25) is 0 Å². The zero-order valence-corrected chi connectivity index (χ0v) is 18.0.